The third-order valence-corrected chi connectivity index (χ3v) is 14.4. The zero-order chi connectivity index (χ0) is 44.9. The van der Waals surface area contributed by atoms with Gasteiger partial charge in [-0.15, -0.1) is 0 Å². The Bertz CT molecular complexity index is 3490. The van der Waals surface area contributed by atoms with Crippen molar-refractivity contribution < 1.29 is 8.78 Å². The molecule has 318 valence electrons. The van der Waals surface area contributed by atoms with Crippen molar-refractivity contribution in [2.45, 2.75) is 38.5 Å². The number of fused-ring (bicyclic) bond motifs is 8. The van der Waals surface area contributed by atoms with Crippen LogP contribution >= 0.6 is 0 Å². The maximum Gasteiger partial charge on any atom is 0.123 e. The predicted molar refractivity (Wildman–Crippen MR) is 271 cm³/mol. The second-order valence-electron chi connectivity index (χ2n) is 18.8. The topological polar surface area (TPSA) is 6.48 Å². The Balaban J connectivity index is 1.02. The van der Waals surface area contributed by atoms with Crippen molar-refractivity contribution in [3.8, 4) is 33.4 Å². The van der Waals surface area contributed by atoms with E-state index in [9.17, 15) is 8.78 Å². The molecule has 0 amide bonds. The number of hydrogen-bond donors (Lipinski definition) is 0. The quantitative estimate of drug-likeness (QED) is 0.147. The van der Waals surface area contributed by atoms with Crippen LogP contribution in [0.15, 0.2) is 206 Å². The van der Waals surface area contributed by atoms with Gasteiger partial charge in [0.2, 0.25) is 0 Å². The molecule has 0 aliphatic heterocycles. The van der Waals surface area contributed by atoms with Gasteiger partial charge in [-0.05, 0) is 151 Å². The molecule has 0 heterocycles. The summed E-state index contributed by atoms with van der Waals surface area (Å²) >= 11 is 0. The Morgan fingerprint density at radius 1 is 0.318 bits per heavy atom. The van der Waals surface area contributed by atoms with Gasteiger partial charge in [-0.1, -0.05) is 149 Å². The van der Waals surface area contributed by atoms with E-state index in [1.807, 2.05) is 24.3 Å². The molecular weight excluding hydrogens is 811 g/mol. The molecular formula is C62H46F2N2. The standard InChI is InChI=1S/C62H46F2N2/c1-61(2)55-19-11-9-13-47(55)49-35-33-45(37-57(49)61)65(43-29-23-40(63)24-30-43)42-27-21-39(22-28-42)59-51-15-5-7-17-53(51)60(54-18-8-6-16-52(54)59)66(44-31-25-41(64)26-32-44)46-34-36-50-48-14-10-12-20-56(48)62(3,4)58(50)38-46/h5-38H,1-4H3. The number of benzene rings is 10. The third kappa shape index (κ3) is 6.05. The lowest BCUT2D eigenvalue weighted by Crippen LogP contribution is -2.17. The van der Waals surface area contributed by atoms with Gasteiger partial charge in [0.15, 0.2) is 0 Å². The Morgan fingerprint density at radius 2 is 0.667 bits per heavy atom. The largest absolute Gasteiger partial charge is 0.310 e. The van der Waals surface area contributed by atoms with Crippen LogP contribution in [0.25, 0.3) is 54.9 Å². The zero-order valence-electron chi connectivity index (χ0n) is 37.3. The molecule has 0 aromatic heterocycles. The molecule has 0 radical (unpaired) electrons. The molecule has 0 saturated carbocycles. The summed E-state index contributed by atoms with van der Waals surface area (Å²) in [5, 5.41) is 4.38. The van der Waals surface area contributed by atoms with Crippen LogP contribution in [0, 0.1) is 11.6 Å². The van der Waals surface area contributed by atoms with E-state index in [4.69, 9.17) is 0 Å². The summed E-state index contributed by atoms with van der Waals surface area (Å²) in [6, 6.07) is 70.6. The van der Waals surface area contributed by atoms with Gasteiger partial charge < -0.3 is 9.80 Å². The Hall–Kier alpha value is -7.82. The van der Waals surface area contributed by atoms with Crippen molar-refractivity contribution in [1.82, 2.24) is 0 Å². The van der Waals surface area contributed by atoms with E-state index >= 15 is 0 Å². The average Bonchev–Trinajstić information content (AvgIpc) is 3.72. The molecule has 12 rings (SSSR count). The van der Waals surface area contributed by atoms with Gasteiger partial charge in [-0.2, -0.15) is 0 Å². The van der Waals surface area contributed by atoms with E-state index < -0.39 is 0 Å². The third-order valence-electron chi connectivity index (χ3n) is 14.4. The SMILES string of the molecule is CC1(C)c2ccccc2-c2ccc(N(c3ccc(F)cc3)c3ccc(-c4c5ccccc5c(N(c5ccc(F)cc5)c5ccc6c(c5)C(C)(C)c5ccccc5-6)c5ccccc45)cc3)cc21. The highest BCUT2D eigenvalue weighted by Gasteiger charge is 2.37. The summed E-state index contributed by atoms with van der Waals surface area (Å²) in [7, 11) is 0. The van der Waals surface area contributed by atoms with Gasteiger partial charge in [0, 0.05) is 50.0 Å². The number of rotatable bonds is 7. The van der Waals surface area contributed by atoms with Crippen LogP contribution in [-0.4, -0.2) is 0 Å². The highest BCUT2D eigenvalue weighted by atomic mass is 19.1. The fourth-order valence-electron chi connectivity index (χ4n) is 11.1. The van der Waals surface area contributed by atoms with Crippen molar-refractivity contribution in [1.29, 1.82) is 0 Å². The van der Waals surface area contributed by atoms with E-state index in [2.05, 4.69) is 195 Å². The minimum absolute atomic E-state index is 0.177. The van der Waals surface area contributed by atoms with Crippen LogP contribution < -0.4 is 9.80 Å². The minimum atomic E-state index is -0.277. The molecule has 2 aliphatic carbocycles. The highest BCUT2D eigenvalue weighted by molar-refractivity contribution is 6.22. The number of halogens is 2. The first kappa shape index (κ1) is 39.7. The fraction of sp³-hybridized carbons (Fsp3) is 0.0968. The van der Waals surface area contributed by atoms with Crippen molar-refractivity contribution in [3.05, 3.63) is 240 Å². The maximum absolute atomic E-state index is 14.7. The van der Waals surface area contributed by atoms with Crippen LogP contribution in [0.5, 0.6) is 0 Å². The Morgan fingerprint density at radius 3 is 1.14 bits per heavy atom. The van der Waals surface area contributed by atoms with Crippen LogP contribution in [0.3, 0.4) is 0 Å². The lowest BCUT2D eigenvalue weighted by molar-refractivity contribution is 0.627. The molecule has 0 atom stereocenters. The number of anilines is 6. The van der Waals surface area contributed by atoms with Crippen molar-refractivity contribution in [3.63, 3.8) is 0 Å². The number of nitrogens with zero attached hydrogens (tertiary/aromatic N) is 2. The van der Waals surface area contributed by atoms with Crippen LogP contribution in [0.1, 0.15) is 49.9 Å². The monoisotopic (exact) mass is 856 g/mol. The normalized spacial score (nSPS) is 13.8. The van der Waals surface area contributed by atoms with Gasteiger partial charge in [0.1, 0.15) is 11.6 Å². The molecule has 0 spiro atoms. The molecule has 2 aliphatic rings. The smallest absolute Gasteiger partial charge is 0.123 e. The summed E-state index contributed by atoms with van der Waals surface area (Å²) in [6.07, 6.45) is 0. The van der Waals surface area contributed by atoms with Gasteiger partial charge in [-0.3, -0.25) is 0 Å². The van der Waals surface area contributed by atoms with Gasteiger partial charge in [0.25, 0.3) is 0 Å². The van der Waals surface area contributed by atoms with Crippen molar-refractivity contribution >= 4 is 55.7 Å². The summed E-state index contributed by atoms with van der Waals surface area (Å²) in [5.74, 6) is -0.549. The first-order chi connectivity index (χ1) is 32.1. The van der Waals surface area contributed by atoms with E-state index in [-0.39, 0.29) is 22.5 Å². The maximum atomic E-state index is 14.7. The molecule has 0 N–H and O–H groups in total. The molecule has 2 nitrogen and oxygen atoms in total. The Kier molecular flexibility index (Phi) is 8.95. The summed E-state index contributed by atoms with van der Waals surface area (Å²) < 4.78 is 29.2. The van der Waals surface area contributed by atoms with E-state index in [0.717, 1.165) is 66.8 Å². The number of hydrogen-bond acceptors (Lipinski definition) is 2. The predicted octanol–water partition coefficient (Wildman–Crippen LogP) is 17.5. The Labute approximate surface area is 384 Å². The van der Waals surface area contributed by atoms with E-state index in [1.54, 1.807) is 12.1 Å². The zero-order valence-corrected chi connectivity index (χ0v) is 37.3. The summed E-state index contributed by atoms with van der Waals surface area (Å²) in [4.78, 5) is 4.53. The fourth-order valence-corrected chi connectivity index (χ4v) is 11.1. The molecule has 0 bridgehead atoms. The summed E-state index contributed by atoms with van der Waals surface area (Å²) in [6.45, 7) is 9.20. The lowest BCUT2D eigenvalue weighted by atomic mass is 9.82. The minimum Gasteiger partial charge on any atom is -0.310 e. The van der Waals surface area contributed by atoms with Gasteiger partial charge in [0.05, 0.1) is 5.69 Å². The lowest BCUT2D eigenvalue weighted by Gasteiger charge is -2.31. The van der Waals surface area contributed by atoms with Gasteiger partial charge in [-0.25, -0.2) is 8.78 Å². The summed E-state index contributed by atoms with van der Waals surface area (Å²) in [5.41, 5.74) is 17.8. The van der Waals surface area contributed by atoms with Crippen LogP contribution in [0.4, 0.5) is 42.9 Å². The molecule has 0 saturated heterocycles. The highest BCUT2D eigenvalue weighted by Crippen LogP contribution is 2.54. The van der Waals surface area contributed by atoms with E-state index in [1.165, 1.54) is 56.6 Å². The van der Waals surface area contributed by atoms with Gasteiger partial charge >= 0.3 is 0 Å². The average molecular weight is 857 g/mol. The van der Waals surface area contributed by atoms with Crippen LogP contribution in [-0.2, 0) is 10.8 Å². The molecule has 4 heteroatoms. The molecule has 66 heavy (non-hydrogen) atoms. The first-order valence-corrected chi connectivity index (χ1v) is 22.7. The second kappa shape index (κ2) is 14.9. The first-order valence-electron chi connectivity index (χ1n) is 22.7. The molecule has 10 aromatic carbocycles. The van der Waals surface area contributed by atoms with Crippen LogP contribution in [0.2, 0.25) is 0 Å². The molecule has 0 unspecified atom stereocenters. The van der Waals surface area contributed by atoms with E-state index in [0.29, 0.717) is 0 Å². The van der Waals surface area contributed by atoms with Crippen molar-refractivity contribution in [2.75, 3.05) is 9.80 Å². The molecule has 10 aromatic rings. The molecule has 0 fully saturated rings. The second-order valence-corrected chi connectivity index (χ2v) is 18.8. The van der Waals surface area contributed by atoms with Crippen molar-refractivity contribution in [2.24, 2.45) is 0 Å².